The van der Waals surface area contributed by atoms with Crippen molar-refractivity contribution in [2.75, 3.05) is 0 Å². The van der Waals surface area contributed by atoms with E-state index in [1.54, 1.807) is 0 Å². The van der Waals surface area contributed by atoms with Gasteiger partial charge in [0.1, 0.15) is 11.3 Å². The summed E-state index contributed by atoms with van der Waals surface area (Å²) in [7, 11) is 0. The third-order valence-corrected chi connectivity index (χ3v) is 5.62. The molecule has 0 unspecified atom stereocenters. The summed E-state index contributed by atoms with van der Waals surface area (Å²) in [5.74, 6) is 0.982. The lowest BCUT2D eigenvalue weighted by Crippen LogP contribution is -1.85. The molecule has 5 aromatic rings. The van der Waals surface area contributed by atoms with Crippen molar-refractivity contribution in [3.63, 3.8) is 0 Å². The Bertz CT molecular complexity index is 1370. The summed E-state index contributed by atoms with van der Waals surface area (Å²) in [6, 6.07) is 20.0. The van der Waals surface area contributed by atoms with Gasteiger partial charge in [0.15, 0.2) is 0 Å². The molecule has 0 bridgehead atoms. The fraction of sp³-hybridized carbons (Fsp3) is 0.154. The fourth-order valence-corrected chi connectivity index (χ4v) is 4.42. The van der Waals surface area contributed by atoms with Gasteiger partial charge in [-0.15, -0.1) is 0 Å². The Morgan fingerprint density at radius 3 is 2.22 bits per heavy atom. The van der Waals surface area contributed by atoms with E-state index >= 15 is 0 Å². The SMILES string of the molecule is C/C=C\c1oc2c(ccc3c4ccccc4c4cc(C)ccc4c32)c1CC. The number of benzene rings is 4. The average molecular weight is 350 g/mol. The highest BCUT2D eigenvalue weighted by atomic mass is 16.3. The van der Waals surface area contributed by atoms with Gasteiger partial charge in [0, 0.05) is 16.3 Å². The second-order valence-electron chi connectivity index (χ2n) is 7.26. The van der Waals surface area contributed by atoms with Crippen molar-refractivity contribution in [2.45, 2.75) is 27.2 Å². The minimum Gasteiger partial charge on any atom is -0.456 e. The molecular weight excluding hydrogens is 328 g/mol. The Kier molecular flexibility index (Phi) is 3.58. The van der Waals surface area contributed by atoms with Crippen molar-refractivity contribution in [2.24, 2.45) is 0 Å². The molecule has 0 amide bonds. The van der Waals surface area contributed by atoms with Gasteiger partial charge in [-0.1, -0.05) is 73.2 Å². The first-order valence-corrected chi connectivity index (χ1v) is 9.64. The van der Waals surface area contributed by atoms with Crippen molar-refractivity contribution in [1.29, 1.82) is 0 Å². The van der Waals surface area contributed by atoms with E-state index in [4.69, 9.17) is 4.42 Å². The maximum atomic E-state index is 6.44. The van der Waals surface area contributed by atoms with Crippen molar-refractivity contribution >= 4 is 49.4 Å². The lowest BCUT2D eigenvalue weighted by Gasteiger charge is -2.11. The van der Waals surface area contributed by atoms with Gasteiger partial charge >= 0.3 is 0 Å². The number of furan rings is 1. The molecule has 0 atom stereocenters. The molecule has 1 heterocycles. The van der Waals surface area contributed by atoms with Crippen LogP contribution in [0.4, 0.5) is 0 Å². The van der Waals surface area contributed by atoms with Crippen molar-refractivity contribution < 1.29 is 4.42 Å². The summed E-state index contributed by atoms with van der Waals surface area (Å²) in [6.45, 7) is 6.39. The van der Waals surface area contributed by atoms with Gasteiger partial charge < -0.3 is 4.42 Å². The van der Waals surface area contributed by atoms with Crippen LogP contribution in [-0.2, 0) is 6.42 Å². The van der Waals surface area contributed by atoms with Crippen LogP contribution in [0.3, 0.4) is 0 Å². The Morgan fingerprint density at radius 1 is 0.815 bits per heavy atom. The molecule has 0 saturated heterocycles. The quantitative estimate of drug-likeness (QED) is 0.296. The van der Waals surface area contributed by atoms with E-state index in [0.29, 0.717) is 0 Å². The zero-order chi connectivity index (χ0) is 18.5. The molecule has 5 rings (SSSR count). The van der Waals surface area contributed by atoms with Gasteiger partial charge in [-0.05, 0) is 53.3 Å². The summed E-state index contributed by atoms with van der Waals surface area (Å²) in [5.41, 5.74) is 3.58. The van der Waals surface area contributed by atoms with Crippen molar-refractivity contribution in [1.82, 2.24) is 0 Å². The zero-order valence-corrected chi connectivity index (χ0v) is 16.0. The van der Waals surface area contributed by atoms with Crippen LogP contribution in [-0.4, -0.2) is 0 Å². The number of allylic oxidation sites excluding steroid dienone is 1. The highest BCUT2D eigenvalue weighted by Gasteiger charge is 2.17. The first kappa shape index (κ1) is 16.1. The number of aryl methyl sites for hydroxylation is 2. The fourth-order valence-electron chi connectivity index (χ4n) is 4.42. The minimum absolute atomic E-state index is 0.961. The van der Waals surface area contributed by atoms with Crippen LogP contribution in [0, 0.1) is 6.92 Å². The van der Waals surface area contributed by atoms with E-state index in [1.165, 1.54) is 48.8 Å². The molecule has 0 aliphatic carbocycles. The monoisotopic (exact) mass is 350 g/mol. The molecule has 27 heavy (non-hydrogen) atoms. The molecule has 1 heteroatoms. The molecule has 0 N–H and O–H groups in total. The highest BCUT2D eigenvalue weighted by molar-refractivity contribution is 6.30. The van der Waals surface area contributed by atoms with E-state index in [0.717, 1.165) is 17.8 Å². The summed E-state index contributed by atoms with van der Waals surface area (Å²) in [4.78, 5) is 0. The summed E-state index contributed by atoms with van der Waals surface area (Å²) < 4.78 is 6.44. The first-order chi connectivity index (χ1) is 13.2. The van der Waals surface area contributed by atoms with E-state index < -0.39 is 0 Å². The van der Waals surface area contributed by atoms with E-state index in [2.05, 4.69) is 80.6 Å². The molecular formula is C26H22O. The molecule has 0 radical (unpaired) electrons. The van der Waals surface area contributed by atoms with Gasteiger partial charge in [0.2, 0.25) is 0 Å². The number of hydrogen-bond acceptors (Lipinski definition) is 1. The topological polar surface area (TPSA) is 13.1 Å². The van der Waals surface area contributed by atoms with Crippen LogP contribution in [0.5, 0.6) is 0 Å². The lowest BCUT2D eigenvalue weighted by atomic mass is 9.92. The predicted molar refractivity (Wildman–Crippen MR) is 118 cm³/mol. The van der Waals surface area contributed by atoms with E-state index in [9.17, 15) is 0 Å². The molecule has 0 aliphatic heterocycles. The lowest BCUT2D eigenvalue weighted by molar-refractivity contribution is 0.602. The number of rotatable bonds is 2. The molecule has 4 aromatic carbocycles. The molecule has 1 nitrogen and oxygen atoms in total. The summed E-state index contributed by atoms with van der Waals surface area (Å²) >= 11 is 0. The average Bonchev–Trinajstić information content (AvgIpc) is 3.05. The van der Waals surface area contributed by atoms with Gasteiger partial charge in [0.25, 0.3) is 0 Å². The smallest absolute Gasteiger partial charge is 0.143 e. The number of fused-ring (bicyclic) bond motifs is 8. The van der Waals surface area contributed by atoms with E-state index in [-0.39, 0.29) is 0 Å². The van der Waals surface area contributed by atoms with Crippen LogP contribution < -0.4 is 0 Å². The van der Waals surface area contributed by atoms with Crippen molar-refractivity contribution in [3.05, 3.63) is 77.6 Å². The standard InChI is InChI=1S/C26H22O/c1-4-8-24-17(5-2)22-14-13-20-18-9-6-7-10-19(18)23-15-16(3)11-12-21(23)25(20)26(22)27-24/h4,6-15H,5H2,1-3H3/b8-4-. The molecule has 0 spiro atoms. The van der Waals surface area contributed by atoms with Gasteiger partial charge in [-0.2, -0.15) is 0 Å². The second kappa shape index (κ2) is 5.99. The largest absolute Gasteiger partial charge is 0.456 e. The highest BCUT2D eigenvalue weighted by Crippen LogP contribution is 2.41. The van der Waals surface area contributed by atoms with Crippen LogP contribution >= 0.6 is 0 Å². The molecule has 0 aliphatic rings. The summed E-state index contributed by atoms with van der Waals surface area (Å²) in [6.07, 6.45) is 5.09. The maximum absolute atomic E-state index is 6.44. The van der Waals surface area contributed by atoms with Crippen LogP contribution in [0.15, 0.2) is 65.1 Å². The molecule has 132 valence electrons. The van der Waals surface area contributed by atoms with Crippen LogP contribution in [0.2, 0.25) is 0 Å². The van der Waals surface area contributed by atoms with Crippen LogP contribution in [0.1, 0.15) is 30.7 Å². The Hall–Kier alpha value is -3.06. The third-order valence-electron chi connectivity index (χ3n) is 5.62. The normalized spacial score (nSPS) is 12.3. The summed E-state index contributed by atoms with van der Waals surface area (Å²) in [5, 5.41) is 8.88. The van der Waals surface area contributed by atoms with Crippen LogP contribution in [0.25, 0.3) is 49.4 Å². The van der Waals surface area contributed by atoms with Gasteiger partial charge in [-0.3, -0.25) is 0 Å². The Labute approximate surface area is 158 Å². The Morgan fingerprint density at radius 2 is 1.48 bits per heavy atom. The third kappa shape index (κ3) is 2.24. The maximum Gasteiger partial charge on any atom is 0.143 e. The van der Waals surface area contributed by atoms with E-state index in [1.807, 2.05) is 6.92 Å². The minimum atomic E-state index is 0.961. The Balaban J connectivity index is 2.11. The molecule has 1 aromatic heterocycles. The molecule has 0 fully saturated rings. The molecule has 0 saturated carbocycles. The van der Waals surface area contributed by atoms with Crippen molar-refractivity contribution in [3.8, 4) is 0 Å². The first-order valence-electron chi connectivity index (χ1n) is 9.64. The van der Waals surface area contributed by atoms with Gasteiger partial charge in [-0.25, -0.2) is 0 Å². The second-order valence-corrected chi connectivity index (χ2v) is 7.26. The van der Waals surface area contributed by atoms with Gasteiger partial charge in [0.05, 0.1) is 0 Å². The predicted octanol–water partition coefficient (Wildman–Crippen LogP) is 7.80. The number of hydrogen-bond donors (Lipinski definition) is 0. The zero-order valence-electron chi connectivity index (χ0n) is 16.0.